The molecule has 0 aliphatic rings. The van der Waals surface area contributed by atoms with E-state index < -0.39 is 0 Å². The van der Waals surface area contributed by atoms with Crippen molar-refractivity contribution < 1.29 is 5.11 Å². The molecule has 3 heteroatoms. The Hall–Kier alpha value is -0.540. The molecule has 1 aromatic rings. The van der Waals surface area contributed by atoms with Gasteiger partial charge >= 0.3 is 0 Å². The maximum Gasteiger partial charge on any atom is 0.134 e. The lowest BCUT2D eigenvalue weighted by Gasteiger charge is -2.12. The number of hydrogen-bond donors (Lipinski definition) is 2. The SMILES string of the molecule is CNC(C)c1cccc(Br)c1O. The van der Waals surface area contributed by atoms with Crippen LogP contribution >= 0.6 is 15.9 Å². The Morgan fingerprint density at radius 3 is 2.75 bits per heavy atom. The first kappa shape index (κ1) is 9.55. The van der Waals surface area contributed by atoms with E-state index in [-0.39, 0.29) is 6.04 Å². The highest BCUT2D eigenvalue weighted by molar-refractivity contribution is 9.10. The summed E-state index contributed by atoms with van der Waals surface area (Å²) in [7, 11) is 1.87. The summed E-state index contributed by atoms with van der Waals surface area (Å²) < 4.78 is 0.738. The van der Waals surface area contributed by atoms with Crippen molar-refractivity contribution in [2.75, 3.05) is 7.05 Å². The van der Waals surface area contributed by atoms with Gasteiger partial charge in [-0.3, -0.25) is 0 Å². The highest BCUT2D eigenvalue weighted by atomic mass is 79.9. The molecular weight excluding hydrogens is 218 g/mol. The molecule has 1 rings (SSSR count). The number of benzene rings is 1. The van der Waals surface area contributed by atoms with Crippen LogP contribution in [0.15, 0.2) is 22.7 Å². The van der Waals surface area contributed by atoms with Gasteiger partial charge in [0.15, 0.2) is 0 Å². The van der Waals surface area contributed by atoms with Crippen LogP contribution in [0.1, 0.15) is 18.5 Å². The molecule has 0 aliphatic heterocycles. The van der Waals surface area contributed by atoms with E-state index in [1.165, 1.54) is 0 Å². The van der Waals surface area contributed by atoms with E-state index in [1.807, 2.05) is 32.2 Å². The van der Waals surface area contributed by atoms with E-state index >= 15 is 0 Å². The normalized spacial score (nSPS) is 12.9. The summed E-state index contributed by atoms with van der Waals surface area (Å²) in [4.78, 5) is 0. The van der Waals surface area contributed by atoms with Crippen LogP contribution in [0.3, 0.4) is 0 Å². The van der Waals surface area contributed by atoms with Crippen LogP contribution < -0.4 is 5.32 Å². The van der Waals surface area contributed by atoms with E-state index in [2.05, 4.69) is 21.2 Å². The van der Waals surface area contributed by atoms with E-state index in [4.69, 9.17) is 0 Å². The molecule has 0 amide bonds. The fourth-order valence-electron chi connectivity index (χ4n) is 1.04. The second-order valence-electron chi connectivity index (χ2n) is 2.69. The van der Waals surface area contributed by atoms with Crippen LogP contribution in [-0.4, -0.2) is 12.2 Å². The average molecular weight is 230 g/mol. The summed E-state index contributed by atoms with van der Waals surface area (Å²) in [5.41, 5.74) is 0.909. The molecule has 0 saturated heterocycles. The molecule has 0 aromatic heterocycles. The van der Waals surface area contributed by atoms with Gasteiger partial charge < -0.3 is 10.4 Å². The summed E-state index contributed by atoms with van der Waals surface area (Å²) in [6.45, 7) is 2.00. The van der Waals surface area contributed by atoms with E-state index in [0.29, 0.717) is 5.75 Å². The summed E-state index contributed by atoms with van der Waals surface area (Å²) >= 11 is 3.27. The molecule has 66 valence electrons. The maximum absolute atomic E-state index is 9.61. The molecule has 0 radical (unpaired) electrons. The predicted molar refractivity (Wildman–Crippen MR) is 53.3 cm³/mol. The van der Waals surface area contributed by atoms with Crippen LogP contribution in [0.2, 0.25) is 0 Å². The number of phenols is 1. The number of hydrogen-bond acceptors (Lipinski definition) is 2. The number of nitrogens with one attached hydrogen (secondary N) is 1. The van der Waals surface area contributed by atoms with Gasteiger partial charge in [0.2, 0.25) is 0 Å². The highest BCUT2D eigenvalue weighted by Crippen LogP contribution is 2.31. The number of para-hydroxylation sites is 1. The number of rotatable bonds is 2. The topological polar surface area (TPSA) is 32.3 Å². The standard InChI is InChI=1S/C9H12BrNO/c1-6(11-2)7-4-3-5-8(10)9(7)12/h3-6,11-12H,1-2H3. The van der Waals surface area contributed by atoms with Gasteiger partial charge in [0, 0.05) is 11.6 Å². The molecule has 1 atom stereocenters. The first-order chi connectivity index (χ1) is 5.66. The van der Waals surface area contributed by atoms with Gasteiger partial charge in [-0.15, -0.1) is 0 Å². The molecule has 1 unspecified atom stereocenters. The molecule has 1 aromatic carbocycles. The van der Waals surface area contributed by atoms with Crippen molar-refractivity contribution in [1.82, 2.24) is 5.32 Å². The Kier molecular flexibility index (Phi) is 3.12. The summed E-state index contributed by atoms with van der Waals surface area (Å²) in [5.74, 6) is 0.319. The van der Waals surface area contributed by atoms with Crippen LogP contribution in [-0.2, 0) is 0 Å². The summed E-state index contributed by atoms with van der Waals surface area (Å²) in [6.07, 6.45) is 0. The Bertz CT molecular complexity index is 275. The third-order valence-electron chi connectivity index (χ3n) is 1.92. The Balaban J connectivity index is 3.07. The minimum absolute atomic E-state index is 0.169. The third kappa shape index (κ3) is 1.79. The molecule has 0 aliphatic carbocycles. The van der Waals surface area contributed by atoms with Gasteiger partial charge in [0.1, 0.15) is 5.75 Å². The zero-order chi connectivity index (χ0) is 9.14. The van der Waals surface area contributed by atoms with Crippen molar-refractivity contribution in [3.8, 4) is 5.75 Å². The highest BCUT2D eigenvalue weighted by Gasteiger charge is 2.09. The number of halogens is 1. The predicted octanol–water partition coefficient (Wildman–Crippen LogP) is 2.44. The van der Waals surface area contributed by atoms with Crippen LogP contribution in [0.25, 0.3) is 0 Å². The maximum atomic E-state index is 9.61. The van der Waals surface area contributed by atoms with Gasteiger partial charge in [-0.2, -0.15) is 0 Å². The quantitative estimate of drug-likeness (QED) is 0.817. The zero-order valence-corrected chi connectivity index (χ0v) is 8.72. The van der Waals surface area contributed by atoms with Crippen LogP contribution in [0, 0.1) is 0 Å². The molecule has 2 N–H and O–H groups in total. The second kappa shape index (κ2) is 3.92. The lowest BCUT2D eigenvalue weighted by atomic mass is 10.1. The lowest BCUT2D eigenvalue weighted by Crippen LogP contribution is -2.12. The molecular formula is C9H12BrNO. The molecule has 0 heterocycles. The molecule has 2 nitrogen and oxygen atoms in total. The van der Waals surface area contributed by atoms with Crippen molar-refractivity contribution in [3.05, 3.63) is 28.2 Å². The minimum atomic E-state index is 0.169. The number of phenolic OH excluding ortho intramolecular Hbond substituents is 1. The number of aromatic hydroxyl groups is 1. The van der Waals surface area contributed by atoms with Gasteiger partial charge in [0.05, 0.1) is 4.47 Å². The Labute approximate surface area is 80.7 Å². The summed E-state index contributed by atoms with van der Waals surface area (Å²) in [5, 5.41) is 12.7. The Morgan fingerprint density at radius 1 is 1.50 bits per heavy atom. The van der Waals surface area contributed by atoms with Crippen LogP contribution in [0.5, 0.6) is 5.75 Å². The van der Waals surface area contributed by atoms with Gasteiger partial charge in [-0.1, -0.05) is 12.1 Å². The van der Waals surface area contributed by atoms with E-state index in [0.717, 1.165) is 10.0 Å². The first-order valence-electron chi connectivity index (χ1n) is 3.81. The monoisotopic (exact) mass is 229 g/mol. The van der Waals surface area contributed by atoms with E-state index in [1.54, 1.807) is 0 Å². The molecule has 12 heavy (non-hydrogen) atoms. The fraction of sp³-hybridized carbons (Fsp3) is 0.333. The van der Waals surface area contributed by atoms with Crippen LogP contribution in [0.4, 0.5) is 0 Å². The third-order valence-corrected chi connectivity index (χ3v) is 2.56. The minimum Gasteiger partial charge on any atom is -0.506 e. The van der Waals surface area contributed by atoms with Crippen molar-refractivity contribution in [2.45, 2.75) is 13.0 Å². The molecule has 0 saturated carbocycles. The molecule has 0 bridgehead atoms. The summed E-state index contributed by atoms with van der Waals surface area (Å²) in [6, 6.07) is 5.80. The van der Waals surface area contributed by atoms with Gasteiger partial charge in [-0.25, -0.2) is 0 Å². The van der Waals surface area contributed by atoms with Crippen molar-refractivity contribution >= 4 is 15.9 Å². The fourth-order valence-corrected chi connectivity index (χ4v) is 1.42. The van der Waals surface area contributed by atoms with Crippen molar-refractivity contribution in [1.29, 1.82) is 0 Å². The second-order valence-corrected chi connectivity index (χ2v) is 3.54. The molecule has 0 fully saturated rings. The average Bonchev–Trinajstić information content (AvgIpc) is 2.08. The smallest absolute Gasteiger partial charge is 0.134 e. The molecule has 0 spiro atoms. The van der Waals surface area contributed by atoms with Gasteiger partial charge in [-0.05, 0) is 36.0 Å². The van der Waals surface area contributed by atoms with Crippen molar-refractivity contribution in [3.63, 3.8) is 0 Å². The van der Waals surface area contributed by atoms with Gasteiger partial charge in [0.25, 0.3) is 0 Å². The first-order valence-corrected chi connectivity index (χ1v) is 4.60. The Morgan fingerprint density at radius 2 is 2.17 bits per heavy atom. The van der Waals surface area contributed by atoms with Crippen molar-refractivity contribution in [2.24, 2.45) is 0 Å². The zero-order valence-electron chi connectivity index (χ0n) is 7.13. The van der Waals surface area contributed by atoms with E-state index in [9.17, 15) is 5.11 Å². The lowest BCUT2D eigenvalue weighted by molar-refractivity contribution is 0.454. The largest absolute Gasteiger partial charge is 0.506 e.